The van der Waals surface area contributed by atoms with Gasteiger partial charge < -0.3 is 17.0 Å². The van der Waals surface area contributed by atoms with Crippen LogP contribution in [-0.4, -0.2) is 5.10 Å². The summed E-state index contributed by atoms with van der Waals surface area (Å²) in [5.41, 5.74) is 0.978. The Morgan fingerprint density at radius 2 is 1.94 bits per heavy atom. The van der Waals surface area contributed by atoms with Gasteiger partial charge in [-0.15, -0.1) is 0 Å². The third-order valence-electron chi connectivity index (χ3n) is 2.29. The summed E-state index contributed by atoms with van der Waals surface area (Å²) in [5.74, 6) is 0.780. The lowest BCUT2D eigenvalue weighted by molar-refractivity contribution is -0.646. The molecule has 0 spiro atoms. The lowest BCUT2D eigenvalue weighted by Crippen LogP contribution is -2.34. The molecular formula is C12H8N2OS2. The van der Waals surface area contributed by atoms with Crippen molar-refractivity contribution in [1.29, 1.82) is 0 Å². The van der Waals surface area contributed by atoms with Crippen LogP contribution in [0.1, 0.15) is 0 Å². The van der Waals surface area contributed by atoms with E-state index in [0.29, 0.717) is 4.34 Å². The molecule has 3 aromatic rings. The molecule has 0 radical (unpaired) electrons. The first kappa shape index (κ1) is 10.4. The highest BCUT2D eigenvalue weighted by Crippen LogP contribution is 2.23. The molecule has 0 amide bonds. The lowest BCUT2D eigenvalue weighted by Gasteiger charge is -1.93. The van der Waals surface area contributed by atoms with Gasteiger partial charge in [-0.1, -0.05) is 22.9 Å². The van der Waals surface area contributed by atoms with Crippen molar-refractivity contribution in [2.45, 2.75) is 4.34 Å². The van der Waals surface area contributed by atoms with E-state index in [1.54, 1.807) is 6.26 Å². The number of aromatic nitrogens is 2. The summed E-state index contributed by atoms with van der Waals surface area (Å²) in [4.78, 5) is 0. The molecule has 0 atom stereocenters. The molecule has 2 heterocycles. The normalized spacial score (nSPS) is 10.6. The molecule has 0 aliphatic rings. The fraction of sp³-hybridized carbons (Fsp3) is 0. The van der Waals surface area contributed by atoms with Gasteiger partial charge in [-0.2, -0.15) is 0 Å². The van der Waals surface area contributed by atoms with Crippen molar-refractivity contribution in [3.8, 4) is 16.5 Å². The Kier molecular flexibility index (Phi) is 2.62. The van der Waals surface area contributed by atoms with E-state index in [1.165, 1.54) is 11.3 Å². The van der Waals surface area contributed by atoms with Gasteiger partial charge in [0, 0.05) is 16.5 Å². The molecule has 0 unspecified atom stereocenters. The molecule has 2 aromatic heterocycles. The van der Waals surface area contributed by atoms with E-state index in [9.17, 15) is 0 Å². The van der Waals surface area contributed by atoms with Gasteiger partial charge in [0.2, 0.25) is 10.7 Å². The smallest absolute Gasteiger partial charge is 0.247 e. The summed E-state index contributed by atoms with van der Waals surface area (Å²) in [7, 11) is 0. The molecule has 0 bridgehead atoms. The highest BCUT2D eigenvalue weighted by atomic mass is 32.2. The van der Waals surface area contributed by atoms with Crippen molar-refractivity contribution in [2.75, 3.05) is 0 Å². The third-order valence-corrected chi connectivity index (χ3v) is 3.45. The molecular weight excluding hydrogens is 252 g/mol. The Bertz CT molecular complexity index is 617. The molecule has 0 fully saturated rings. The van der Waals surface area contributed by atoms with Gasteiger partial charge >= 0.3 is 0 Å². The van der Waals surface area contributed by atoms with Crippen LogP contribution in [0.5, 0.6) is 0 Å². The Balaban J connectivity index is 2.18. The number of para-hydroxylation sites is 1. The first-order valence-corrected chi connectivity index (χ1v) is 6.26. The van der Waals surface area contributed by atoms with Crippen LogP contribution in [0, 0.1) is 0 Å². The van der Waals surface area contributed by atoms with E-state index in [-0.39, 0.29) is 0 Å². The number of furan rings is 1. The van der Waals surface area contributed by atoms with Crippen LogP contribution in [0.4, 0.5) is 0 Å². The monoisotopic (exact) mass is 260 g/mol. The molecule has 3 nitrogen and oxygen atoms in total. The highest BCUT2D eigenvalue weighted by molar-refractivity contribution is 7.62. The minimum atomic E-state index is 0.597. The third kappa shape index (κ3) is 1.94. The van der Waals surface area contributed by atoms with Gasteiger partial charge in [-0.25, -0.2) is 0 Å². The maximum atomic E-state index is 5.40. The van der Waals surface area contributed by atoms with Crippen molar-refractivity contribution in [3.05, 3.63) is 48.7 Å². The standard InChI is InChI=1S/C12H8N2OS2/c16-12-13-14(9-5-2-1-3-6-9)11(17-12)10-7-4-8-15-10/h1-8H. The average molecular weight is 260 g/mol. The van der Waals surface area contributed by atoms with E-state index in [4.69, 9.17) is 17.0 Å². The SMILES string of the molecule is [S-]c1n[n+](-c2ccccc2)c(-c2ccco2)s1. The molecule has 5 heteroatoms. The van der Waals surface area contributed by atoms with E-state index < -0.39 is 0 Å². The van der Waals surface area contributed by atoms with Crippen LogP contribution in [0.2, 0.25) is 0 Å². The molecule has 84 valence electrons. The maximum Gasteiger partial charge on any atom is 0.247 e. The molecule has 0 saturated heterocycles. The number of benzene rings is 1. The largest absolute Gasteiger partial charge is 0.459 e. The Hall–Kier alpha value is -1.72. The molecule has 17 heavy (non-hydrogen) atoms. The second kappa shape index (κ2) is 4.27. The second-order valence-electron chi connectivity index (χ2n) is 3.40. The van der Waals surface area contributed by atoms with E-state index >= 15 is 0 Å². The Labute approximate surface area is 108 Å². The van der Waals surface area contributed by atoms with Gasteiger partial charge in [-0.3, -0.25) is 11.3 Å². The number of hydrogen-bond acceptors (Lipinski definition) is 4. The van der Waals surface area contributed by atoms with Gasteiger partial charge in [0.05, 0.1) is 6.26 Å². The van der Waals surface area contributed by atoms with Crippen molar-refractivity contribution in [1.82, 2.24) is 5.10 Å². The first-order valence-electron chi connectivity index (χ1n) is 5.04. The van der Waals surface area contributed by atoms with Crippen LogP contribution in [0.15, 0.2) is 57.5 Å². The number of hydrogen-bond donors (Lipinski definition) is 0. The van der Waals surface area contributed by atoms with Crippen molar-refractivity contribution in [3.63, 3.8) is 0 Å². The zero-order valence-electron chi connectivity index (χ0n) is 8.74. The van der Waals surface area contributed by atoms with Crippen LogP contribution >= 0.6 is 11.3 Å². The molecule has 1 aromatic carbocycles. The summed E-state index contributed by atoms with van der Waals surface area (Å²) in [6, 6.07) is 13.6. The lowest BCUT2D eigenvalue weighted by atomic mass is 10.3. The molecule has 0 aliphatic heterocycles. The highest BCUT2D eigenvalue weighted by Gasteiger charge is 2.18. The summed E-state index contributed by atoms with van der Waals surface area (Å²) < 4.78 is 7.81. The number of nitrogens with zero attached hydrogens (tertiary/aromatic N) is 2. The van der Waals surface area contributed by atoms with E-state index in [0.717, 1.165) is 16.5 Å². The molecule has 0 aliphatic carbocycles. The second-order valence-corrected chi connectivity index (χ2v) is 5.02. The zero-order chi connectivity index (χ0) is 11.7. The van der Waals surface area contributed by atoms with Gasteiger partial charge in [-0.05, 0) is 17.2 Å². The van der Waals surface area contributed by atoms with Crippen molar-refractivity contribution >= 4 is 24.0 Å². The molecule has 3 rings (SSSR count). The quantitative estimate of drug-likeness (QED) is 0.524. The predicted octanol–water partition coefficient (Wildman–Crippen LogP) is 2.59. The average Bonchev–Trinajstić information content (AvgIpc) is 2.98. The summed E-state index contributed by atoms with van der Waals surface area (Å²) in [5, 5.41) is 5.24. The summed E-state index contributed by atoms with van der Waals surface area (Å²) in [6.45, 7) is 0. The first-order chi connectivity index (χ1) is 8.34. The van der Waals surface area contributed by atoms with Crippen molar-refractivity contribution in [2.24, 2.45) is 0 Å². The zero-order valence-corrected chi connectivity index (χ0v) is 10.4. The minimum Gasteiger partial charge on any atom is -0.459 e. The summed E-state index contributed by atoms with van der Waals surface area (Å²) in [6.07, 6.45) is 1.65. The van der Waals surface area contributed by atoms with Crippen LogP contribution in [0.3, 0.4) is 0 Å². The Morgan fingerprint density at radius 1 is 1.12 bits per heavy atom. The fourth-order valence-corrected chi connectivity index (χ4v) is 2.63. The van der Waals surface area contributed by atoms with Crippen LogP contribution < -0.4 is 4.68 Å². The van der Waals surface area contributed by atoms with E-state index in [1.807, 2.05) is 47.1 Å². The summed E-state index contributed by atoms with van der Waals surface area (Å²) >= 11 is 6.58. The Morgan fingerprint density at radius 3 is 2.65 bits per heavy atom. The van der Waals surface area contributed by atoms with Crippen LogP contribution in [-0.2, 0) is 12.6 Å². The van der Waals surface area contributed by atoms with Crippen LogP contribution in [0.25, 0.3) is 16.5 Å². The molecule has 0 N–H and O–H groups in total. The number of rotatable bonds is 2. The topological polar surface area (TPSA) is 29.9 Å². The van der Waals surface area contributed by atoms with Gasteiger partial charge in [0.15, 0.2) is 5.76 Å². The van der Waals surface area contributed by atoms with Crippen molar-refractivity contribution < 1.29 is 9.10 Å². The predicted molar refractivity (Wildman–Crippen MR) is 67.0 cm³/mol. The van der Waals surface area contributed by atoms with E-state index in [2.05, 4.69) is 5.10 Å². The molecule has 0 saturated carbocycles. The van der Waals surface area contributed by atoms with Gasteiger partial charge in [0.1, 0.15) is 0 Å². The maximum absolute atomic E-state index is 5.40. The van der Waals surface area contributed by atoms with Gasteiger partial charge in [0.25, 0.3) is 0 Å². The fourth-order valence-electron chi connectivity index (χ4n) is 1.57. The minimum absolute atomic E-state index is 0.597.